The number of rotatable bonds is 5. The molecule has 1 aliphatic carbocycles. The zero-order valence-corrected chi connectivity index (χ0v) is 23.4. The number of ether oxygens (including phenoxy) is 2. The van der Waals surface area contributed by atoms with Crippen molar-refractivity contribution in [2.24, 2.45) is 0 Å². The first-order valence-corrected chi connectivity index (χ1v) is 13.0. The Kier molecular flexibility index (Phi) is 10.1. The summed E-state index contributed by atoms with van der Waals surface area (Å²) in [6.07, 6.45) is -6.51. The van der Waals surface area contributed by atoms with Gasteiger partial charge in [-0.2, -0.15) is 31.6 Å². The summed E-state index contributed by atoms with van der Waals surface area (Å²) in [5.74, 6) is -1.41. The molecule has 0 unspecified atom stereocenters. The van der Waals surface area contributed by atoms with E-state index in [0.717, 1.165) is 37.9 Å². The number of halogens is 6. The summed E-state index contributed by atoms with van der Waals surface area (Å²) in [6.45, 7) is 0.920. The van der Waals surface area contributed by atoms with Crippen LogP contribution in [0.5, 0.6) is 11.5 Å². The minimum absolute atomic E-state index is 0.0210. The van der Waals surface area contributed by atoms with Crippen molar-refractivity contribution < 1.29 is 50.5 Å². The fourth-order valence-corrected chi connectivity index (χ4v) is 5.70. The predicted molar refractivity (Wildman–Crippen MR) is 142 cm³/mol. The highest BCUT2D eigenvalue weighted by molar-refractivity contribution is 5.89. The molecule has 1 aliphatic heterocycles. The number of urea groups is 1. The molecular formula is C28H30F6N4O5. The molecule has 2 aromatic carbocycles. The van der Waals surface area contributed by atoms with Crippen LogP contribution in [0.3, 0.4) is 0 Å². The minimum atomic E-state index is -5.08. The van der Waals surface area contributed by atoms with Crippen molar-refractivity contribution in [2.45, 2.75) is 55.5 Å². The number of alkyl halides is 6. The number of amides is 2. The van der Waals surface area contributed by atoms with Crippen molar-refractivity contribution in [1.29, 1.82) is 5.26 Å². The third kappa shape index (κ3) is 7.61. The fraction of sp³-hybridized carbons (Fsp3) is 0.464. The Bertz CT molecular complexity index is 1380. The summed E-state index contributed by atoms with van der Waals surface area (Å²) < 4.78 is 82.4. The lowest BCUT2D eigenvalue weighted by atomic mass is 9.65. The second-order valence-corrected chi connectivity index (χ2v) is 10.2. The van der Waals surface area contributed by atoms with Gasteiger partial charge in [0.15, 0.2) is 11.5 Å². The zero-order chi connectivity index (χ0) is 32.2. The number of fused-ring (bicyclic) bond motifs is 1. The van der Waals surface area contributed by atoms with E-state index in [0.29, 0.717) is 17.9 Å². The molecular weight excluding hydrogens is 586 g/mol. The van der Waals surface area contributed by atoms with Gasteiger partial charge in [0.2, 0.25) is 0 Å². The Labute approximate surface area is 243 Å². The zero-order valence-electron chi connectivity index (χ0n) is 23.4. The van der Waals surface area contributed by atoms with Gasteiger partial charge in [-0.1, -0.05) is 6.07 Å². The second-order valence-electron chi connectivity index (χ2n) is 10.2. The average molecular weight is 617 g/mol. The number of anilines is 1. The highest BCUT2D eigenvalue weighted by atomic mass is 19.4. The van der Waals surface area contributed by atoms with E-state index in [1.54, 1.807) is 14.2 Å². The number of nitrogens with zero attached hydrogens (tertiary/aromatic N) is 2. The van der Waals surface area contributed by atoms with Crippen LogP contribution in [-0.2, 0) is 16.4 Å². The number of benzene rings is 2. The summed E-state index contributed by atoms with van der Waals surface area (Å²) in [7, 11) is 5.29. The van der Waals surface area contributed by atoms with Gasteiger partial charge < -0.3 is 30.1 Å². The number of carboxylic acid groups (broad SMARTS) is 1. The van der Waals surface area contributed by atoms with E-state index < -0.39 is 35.5 Å². The molecule has 0 bridgehead atoms. The average Bonchev–Trinajstić information content (AvgIpc) is 3.28. The molecule has 1 saturated carbocycles. The number of likely N-dealkylation sites (tertiary alicyclic amines) is 1. The molecule has 3 N–H and O–H groups in total. The Hall–Kier alpha value is -4.19. The maximum absolute atomic E-state index is 13.3. The molecule has 3 atom stereocenters. The van der Waals surface area contributed by atoms with E-state index in [1.165, 1.54) is 17.7 Å². The number of carboxylic acids is 1. The van der Waals surface area contributed by atoms with Crippen LogP contribution in [-0.4, -0.2) is 68.1 Å². The van der Waals surface area contributed by atoms with Gasteiger partial charge in [0.05, 0.1) is 31.4 Å². The molecule has 9 nitrogen and oxygen atoms in total. The lowest BCUT2D eigenvalue weighted by Crippen LogP contribution is -2.52. The van der Waals surface area contributed by atoms with E-state index in [4.69, 9.17) is 24.6 Å². The van der Waals surface area contributed by atoms with Gasteiger partial charge in [-0.05, 0) is 75.2 Å². The van der Waals surface area contributed by atoms with Crippen LogP contribution in [0, 0.1) is 11.3 Å². The summed E-state index contributed by atoms with van der Waals surface area (Å²) in [5.41, 5.74) is -0.497. The minimum Gasteiger partial charge on any atom is -0.493 e. The van der Waals surface area contributed by atoms with Crippen molar-refractivity contribution in [3.63, 3.8) is 0 Å². The van der Waals surface area contributed by atoms with Crippen LogP contribution in [0.4, 0.5) is 36.8 Å². The highest BCUT2D eigenvalue weighted by Gasteiger charge is 2.50. The van der Waals surface area contributed by atoms with E-state index in [1.807, 2.05) is 12.1 Å². The first-order valence-electron chi connectivity index (χ1n) is 13.0. The summed E-state index contributed by atoms with van der Waals surface area (Å²) >= 11 is 0. The molecule has 0 aromatic heterocycles. The number of carbonyl (C=O) groups excluding carboxylic acids is 1. The molecule has 1 saturated heterocycles. The lowest BCUT2D eigenvalue weighted by Gasteiger charge is -2.45. The lowest BCUT2D eigenvalue weighted by molar-refractivity contribution is -0.192. The number of aliphatic carboxylic acids is 1. The van der Waals surface area contributed by atoms with Crippen molar-refractivity contribution in [1.82, 2.24) is 10.2 Å². The topological polar surface area (TPSA) is 124 Å². The van der Waals surface area contributed by atoms with Gasteiger partial charge in [0, 0.05) is 23.2 Å². The van der Waals surface area contributed by atoms with Crippen LogP contribution >= 0.6 is 0 Å². The van der Waals surface area contributed by atoms with E-state index >= 15 is 0 Å². The molecule has 2 amide bonds. The molecule has 0 spiro atoms. The van der Waals surface area contributed by atoms with Crippen LogP contribution in [0.25, 0.3) is 0 Å². The van der Waals surface area contributed by atoms with Gasteiger partial charge in [-0.15, -0.1) is 0 Å². The molecule has 4 rings (SSSR count). The van der Waals surface area contributed by atoms with Gasteiger partial charge >= 0.3 is 24.4 Å². The second kappa shape index (κ2) is 13.0. The Morgan fingerprint density at radius 3 is 2.26 bits per heavy atom. The maximum Gasteiger partial charge on any atom is 0.490 e. The molecule has 234 valence electrons. The monoisotopic (exact) mass is 616 g/mol. The number of nitriles is 1. The van der Waals surface area contributed by atoms with Crippen molar-refractivity contribution in [2.75, 3.05) is 33.1 Å². The molecule has 43 heavy (non-hydrogen) atoms. The quantitative estimate of drug-likeness (QED) is 0.377. The van der Waals surface area contributed by atoms with E-state index in [2.05, 4.69) is 28.6 Å². The predicted octanol–water partition coefficient (Wildman–Crippen LogP) is 5.54. The molecule has 2 fully saturated rings. The number of nitrogens with one attached hydrogen (secondary N) is 2. The van der Waals surface area contributed by atoms with Gasteiger partial charge in [-0.3, -0.25) is 0 Å². The third-order valence-electron chi connectivity index (χ3n) is 7.77. The summed E-state index contributed by atoms with van der Waals surface area (Å²) in [5, 5.41) is 21.5. The van der Waals surface area contributed by atoms with E-state index in [9.17, 15) is 31.1 Å². The number of hydrogen-bond donors (Lipinski definition) is 3. The number of methoxy groups -OCH3 is 2. The molecule has 1 heterocycles. The standard InChI is InChI=1S/C26H29F3N4O3.C2HF3O2/c1-33-11-10-25(17-5-7-21(35-2)22(12-17)36-3)9-8-19(14-23(25)33)32-24(34)31-18-6-4-16(15-30)20(13-18)26(27,28)29;3-2(4,5)1(6)7/h4-7,12-13,19,23H,8-11,14H2,1-3H3,(H2,31,32,34);(H,6,7)/t19-,23+,25+;/m1./s1. The van der Waals surface area contributed by atoms with Crippen molar-refractivity contribution >= 4 is 17.7 Å². The van der Waals surface area contributed by atoms with Crippen LogP contribution in [0.15, 0.2) is 36.4 Å². The first-order chi connectivity index (χ1) is 20.0. The van der Waals surface area contributed by atoms with Crippen LogP contribution < -0.4 is 20.1 Å². The Morgan fingerprint density at radius 1 is 1.05 bits per heavy atom. The fourth-order valence-electron chi connectivity index (χ4n) is 5.70. The number of hydrogen-bond acceptors (Lipinski definition) is 6. The first kappa shape index (κ1) is 33.3. The van der Waals surface area contributed by atoms with Crippen molar-refractivity contribution in [3.05, 3.63) is 53.1 Å². The molecule has 15 heteroatoms. The maximum atomic E-state index is 13.3. The molecule has 2 aliphatic rings. The van der Waals surface area contributed by atoms with E-state index in [-0.39, 0.29) is 23.2 Å². The summed E-state index contributed by atoms with van der Waals surface area (Å²) in [4.78, 5) is 23.9. The SMILES string of the molecule is COc1ccc([C@@]23CC[C@@H](NC(=O)Nc4ccc(C#N)c(C(F)(F)F)c4)C[C@@H]2N(C)CC3)cc1OC.O=C(O)C(F)(F)F. The number of likely N-dealkylation sites (N-methyl/N-ethyl adjacent to an activating group) is 1. The van der Waals surface area contributed by atoms with Crippen LogP contribution in [0.1, 0.15) is 42.4 Å². The normalized spacial score (nSPS) is 21.9. The van der Waals surface area contributed by atoms with Gasteiger partial charge in [0.25, 0.3) is 0 Å². The Morgan fingerprint density at radius 2 is 1.70 bits per heavy atom. The van der Waals surface area contributed by atoms with Gasteiger partial charge in [0.1, 0.15) is 0 Å². The largest absolute Gasteiger partial charge is 0.493 e. The smallest absolute Gasteiger partial charge is 0.490 e. The summed E-state index contributed by atoms with van der Waals surface area (Å²) in [6, 6.07) is 10.2. The van der Waals surface area contributed by atoms with Crippen LogP contribution in [0.2, 0.25) is 0 Å². The van der Waals surface area contributed by atoms with Crippen molar-refractivity contribution in [3.8, 4) is 17.6 Å². The molecule has 2 aromatic rings. The highest BCUT2D eigenvalue weighted by Crippen LogP contribution is 2.50. The third-order valence-corrected chi connectivity index (χ3v) is 7.77. The van der Waals surface area contributed by atoms with Gasteiger partial charge in [-0.25, -0.2) is 9.59 Å². The number of carbonyl (C=O) groups is 2. The molecule has 0 radical (unpaired) electrons. The Balaban J connectivity index is 0.000000646.